The van der Waals surface area contributed by atoms with Crippen molar-refractivity contribution in [2.24, 2.45) is 0 Å². The summed E-state index contributed by atoms with van der Waals surface area (Å²) in [5, 5.41) is 7.51. The van der Waals surface area contributed by atoms with Gasteiger partial charge in [0.25, 0.3) is 0 Å². The quantitative estimate of drug-likeness (QED) is 0.721. The average molecular weight is 355 g/mol. The van der Waals surface area contributed by atoms with Crippen molar-refractivity contribution in [2.45, 2.75) is 32.7 Å². The maximum atomic E-state index is 5.55. The van der Waals surface area contributed by atoms with Crippen molar-refractivity contribution in [3.05, 3.63) is 65.2 Å². The lowest BCUT2D eigenvalue weighted by Gasteiger charge is -2.26. The van der Waals surface area contributed by atoms with Gasteiger partial charge in [0.05, 0.1) is 19.6 Å². The highest BCUT2D eigenvalue weighted by molar-refractivity contribution is 7.80. The predicted octanol–water partition coefficient (Wildman–Crippen LogP) is 3.01. The molecule has 0 aromatic heterocycles. The molecule has 0 spiro atoms. The molecule has 4 heteroatoms. The summed E-state index contributed by atoms with van der Waals surface area (Å²) in [5.74, 6) is 0. The van der Waals surface area contributed by atoms with Crippen LogP contribution in [0.2, 0.25) is 0 Å². The summed E-state index contributed by atoms with van der Waals surface area (Å²) in [6.07, 6.45) is 2.65. The van der Waals surface area contributed by atoms with Gasteiger partial charge in [0.2, 0.25) is 0 Å². The van der Waals surface area contributed by atoms with Gasteiger partial charge in [-0.15, -0.1) is 0 Å². The molecule has 1 aliphatic rings. The van der Waals surface area contributed by atoms with Gasteiger partial charge in [-0.25, -0.2) is 0 Å². The number of nitrogens with one attached hydrogen (secondary N) is 3. The van der Waals surface area contributed by atoms with E-state index in [1.807, 2.05) is 0 Å². The van der Waals surface area contributed by atoms with Crippen LogP contribution in [0.3, 0.4) is 0 Å². The van der Waals surface area contributed by atoms with Gasteiger partial charge in [0, 0.05) is 24.1 Å². The number of hydrogen-bond donors (Lipinski definition) is 3. The van der Waals surface area contributed by atoms with Crippen molar-refractivity contribution in [3.63, 3.8) is 0 Å². The lowest BCUT2D eigenvalue weighted by atomic mass is 10.1. The van der Waals surface area contributed by atoms with Crippen LogP contribution in [0.5, 0.6) is 0 Å². The Labute approximate surface area is 156 Å². The van der Waals surface area contributed by atoms with E-state index in [-0.39, 0.29) is 0 Å². The minimum Gasteiger partial charge on any atom is -0.356 e. The molecular weight excluding hydrogens is 326 g/mol. The molecule has 1 saturated heterocycles. The molecule has 2 aromatic carbocycles. The van der Waals surface area contributed by atoms with Crippen molar-refractivity contribution in [2.75, 3.05) is 25.0 Å². The maximum Gasteiger partial charge on any atom is 0.171 e. The van der Waals surface area contributed by atoms with E-state index >= 15 is 0 Å². The standard InChI is InChI=1S/C21H27N3S/c1-16-9-8-12-19(17(16)2)23-21(25)22-15-20(24-13-6-7-14-24)18-10-4-3-5-11-18/h3-5,8-12,20H,6-7,13-15H2,1-2H3,(H2,22,23,25)/p+1/t20-/m0/s1. The average Bonchev–Trinajstić information content (AvgIpc) is 3.14. The van der Waals surface area contributed by atoms with E-state index in [1.54, 1.807) is 4.90 Å². The summed E-state index contributed by atoms with van der Waals surface area (Å²) in [6.45, 7) is 7.60. The Hall–Kier alpha value is -1.91. The summed E-state index contributed by atoms with van der Waals surface area (Å²) >= 11 is 5.55. The first-order valence-electron chi connectivity index (χ1n) is 9.16. The summed E-state index contributed by atoms with van der Waals surface area (Å²) < 4.78 is 0. The van der Waals surface area contributed by atoms with Crippen LogP contribution in [-0.4, -0.2) is 24.7 Å². The number of quaternary nitrogens is 1. The normalized spacial score (nSPS) is 15.8. The van der Waals surface area contributed by atoms with E-state index in [4.69, 9.17) is 12.2 Å². The van der Waals surface area contributed by atoms with Crippen molar-refractivity contribution in [3.8, 4) is 0 Å². The van der Waals surface area contributed by atoms with Gasteiger partial charge in [-0.1, -0.05) is 42.5 Å². The Morgan fingerprint density at radius 3 is 2.48 bits per heavy atom. The largest absolute Gasteiger partial charge is 0.356 e. The number of aryl methyl sites for hydroxylation is 1. The van der Waals surface area contributed by atoms with Crippen LogP contribution in [-0.2, 0) is 0 Å². The molecule has 3 nitrogen and oxygen atoms in total. The minimum absolute atomic E-state index is 0.446. The molecule has 1 fully saturated rings. The third-order valence-corrected chi connectivity index (χ3v) is 5.51. The van der Waals surface area contributed by atoms with Gasteiger partial charge < -0.3 is 15.5 Å². The number of anilines is 1. The number of benzene rings is 2. The Bertz CT molecular complexity index is 708. The lowest BCUT2D eigenvalue weighted by Crippen LogP contribution is -3.11. The van der Waals surface area contributed by atoms with Crippen LogP contribution >= 0.6 is 12.2 Å². The first-order valence-corrected chi connectivity index (χ1v) is 9.56. The molecule has 0 bridgehead atoms. The van der Waals surface area contributed by atoms with Gasteiger partial charge in [0.15, 0.2) is 5.11 Å². The van der Waals surface area contributed by atoms with Crippen LogP contribution in [0.25, 0.3) is 0 Å². The molecule has 3 rings (SSSR count). The number of likely N-dealkylation sites (tertiary alicyclic amines) is 1. The minimum atomic E-state index is 0.446. The van der Waals surface area contributed by atoms with Gasteiger partial charge in [-0.05, 0) is 43.3 Å². The Morgan fingerprint density at radius 1 is 1.04 bits per heavy atom. The fraction of sp³-hybridized carbons (Fsp3) is 0.381. The van der Waals surface area contributed by atoms with Gasteiger partial charge in [-0.3, -0.25) is 0 Å². The van der Waals surface area contributed by atoms with Crippen molar-refractivity contribution >= 4 is 23.0 Å². The molecule has 25 heavy (non-hydrogen) atoms. The SMILES string of the molecule is Cc1cccc(NC(=S)NC[C@@H](c2ccccc2)[NH+]2CCCC2)c1C. The van der Waals surface area contributed by atoms with Crippen LogP contribution in [0.15, 0.2) is 48.5 Å². The predicted molar refractivity (Wildman–Crippen MR) is 109 cm³/mol. The summed E-state index contributed by atoms with van der Waals surface area (Å²) in [5.41, 5.74) is 5.00. The smallest absolute Gasteiger partial charge is 0.171 e. The maximum absolute atomic E-state index is 5.55. The van der Waals surface area contributed by atoms with E-state index in [0.29, 0.717) is 11.2 Å². The van der Waals surface area contributed by atoms with Gasteiger partial charge in [0.1, 0.15) is 6.04 Å². The van der Waals surface area contributed by atoms with Crippen molar-refractivity contribution in [1.29, 1.82) is 0 Å². The zero-order chi connectivity index (χ0) is 17.6. The third-order valence-electron chi connectivity index (χ3n) is 5.26. The fourth-order valence-electron chi connectivity index (χ4n) is 3.61. The molecule has 0 radical (unpaired) electrons. The molecule has 1 aliphatic heterocycles. The molecular formula is C21H28N3S+. The Morgan fingerprint density at radius 2 is 1.76 bits per heavy atom. The number of thiocarbonyl (C=S) groups is 1. The molecule has 1 heterocycles. The van der Waals surface area contributed by atoms with Crippen molar-refractivity contribution < 1.29 is 4.90 Å². The van der Waals surface area contributed by atoms with Crippen LogP contribution in [0, 0.1) is 13.8 Å². The molecule has 2 aromatic rings. The van der Waals surface area contributed by atoms with E-state index in [9.17, 15) is 0 Å². The van der Waals surface area contributed by atoms with Crippen LogP contribution in [0.1, 0.15) is 35.6 Å². The highest BCUT2D eigenvalue weighted by Gasteiger charge is 2.27. The number of hydrogen-bond acceptors (Lipinski definition) is 1. The Balaban J connectivity index is 1.64. The first-order chi connectivity index (χ1) is 12.1. The zero-order valence-corrected chi connectivity index (χ0v) is 16.0. The van der Waals surface area contributed by atoms with E-state index in [1.165, 1.54) is 42.6 Å². The molecule has 0 aliphatic carbocycles. The van der Waals surface area contributed by atoms with Crippen LogP contribution in [0.4, 0.5) is 5.69 Å². The third kappa shape index (κ3) is 4.59. The molecule has 0 saturated carbocycles. The molecule has 132 valence electrons. The van der Waals surface area contributed by atoms with E-state index < -0.39 is 0 Å². The first kappa shape index (κ1) is 17.9. The highest BCUT2D eigenvalue weighted by Crippen LogP contribution is 2.18. The second kappa shape index (κ2) is 8.45. The monoisotopic (exact) mass is 354 g/mol. The van der Waals surface area contributed by atoms with E-state index in [0.717, 1.165) is 12.2 Å². The Kier molecular flexibility index (Phi) is 6.05. The topological polar surface area (TPSA) is 28.5 Å². The molecule has 3 N–H and O–H groups in total. The van der Waals surface area contributed by atoms with Crippen LogP contribution < -0.4 is 15.5 Å². The molecule has 0 amide bonds. The van der Waals surface area contributed by atoms with Gasteiger partial charge in [-0.2, -0.15) is 0 Å². The summed E-state index contributed by atoms with van der Waals surface area (Å²) in [7, 11) is 0. The van der Waals surface area contributed by atoms with Crippen molar-refractivity contribution in [1.82, 2.24) is 5.32 Å². The number of rotatable bonds is 5. The summed E-state index contributed by atoms with van der Waals surface area (Å²) in [6, 6.07) is 17.5. The summed E-state index contributed by atoms with van der Waals surface area (Å²) in [4.78, 5) is 1.66. The second-order valence-corrected chi connectivity index (χ2v) is 7.32. The zero-order valence-electron chi connectivity index (χ0n) is 15.1. The van der Waals surface area contributed by atoms with E-state index in [2.05, 4.69) is 73.0 Å². The molecule has 1 atom stereocenters. The lowest BCUT2D eigenvalue weighted by molar-refractivity contribution is -0.918. The highest BCUT2D eigenvalue weighted by atomic mass is 32.1. The molecule has 0 unspecified atom stereocenters. The second-order valence-electron chi connectivity index (χ2n) is 6.91. The van der Waals surface area contributed by atoms with Gasteiger partial charge >= 0.3 is 0 Å². The fourth-order valence-corrected chi connectivity index (χ4v) is 3.80.